The van der Waals surface area contributed by atoms with Gasteiger partial charge in [0.2, 0.25) is 0 Å². The summed E-state index contributed by atoms with van der Waals surface area (Å²) in [5.74, 6) is 2.09. The van der Waals surface area contributed by atoms with Crippen LogP contribution in [0, 0.1) is 22.7 Å². The van der Waals surface area contributed by atoms with Crippen molar-refractivity contribution in [1.82, 2.24) is 19.1 Å². The van der Waals surface area contributed by atoms with Crippen LogP contribution in [0.3, 0.4) is 0 Å². The highest BCUT2D eigenvalue weighted by Gasteiger charge is 2.23. The van der Waals surface area contributed by atoms with Crippen LogP contribution in [0.15, 0.2) is 35.3 Å². The van der Waals surface area contributed by atoms with Gasteiger partial charge in [-0.3, -0.25) is 9.13 Å². The third-order valence-electron chi connectivity index (χ3n) is 5.90. The molecule has 0 saturated carbocycles. The second-order valence-electron chi connectivity index (χ2n) is 9.88. The van der Waals surface area contributed by atoms with Crippen LogP contribution in [-0.2, 0) is 13.6 Å². The average molecular weight is 470 g/mol. The average Bonchev–Trinajstić information content (AvgIpc) is 3.01. The van der Waals surface area contributed by atoms with E-state index < -0.39 is 0 Å². The number of imidazole rings is 1. The maximum absolute atomic E-state index is 12.8. The van der Waals surface area contributed by atoms with Crippen LogP contribution in [0.1, 0.15) is 39.2 Å². The molecule has 9 heteroatoms. The predicted molar refractivity (Wildman–Crippen MR) is 134 cm³/mol. The standard InChI is InChI=1S/C24H31N7O.ClH/c1-24(2,3)16-31-19-7-8-21(28-22(19)29(4)23(31)32)30-11-5-6-18(15-30)14-27-20-12-17(13-25)9-10-26-20;/h7-10,12,18H,5-6,11,14-16H2,1-4H3,(H,26,27);1H. The molecule has 0 bridgehead atoms. The van der Waals surface area contributed by atoms with E-state index in [-0.39, 0.29) is 23.5 Å². The van der Waals surface area contributed by atoms with Crippen molar-refractivity contribution in [3.05, 3.63) is 46.5 Å². The molecule has 1 unspecified atom stereocenters. The molecule has 1 atom stereocenters. The number of anilines is 2. The van der Waals surface area contributed by atoms with Gasteiger partial charge in [0.25, 0.3) is 0 Å². The Hall–Kier alpha value is -3.05. The Morgan fingerprint density at radius 2 is 2.06 bits per heavy atom. The third-order valence-corrected chi connectivity index (χ3v) is 5.90. The molecular weight excluding hydrogens is 438 g/mol. The zero-order valence-corrected chi connectivity index (χ0v) is 20.5. The van der Waals surface area contributed by atoms with Crippen LogP contribution in [0.4, 0.5) is 11.6 Å². The van der Waals surface area contributed by atoms with Gasteiger partial charge < -0.3 is 10.2 Å². The number of aryl methyl sites for hydroxylation is 1. The predicted octanol–water partition coefficient (Wildman–Crippen LogP) is 3.80. The van der Waals surface area contributed by atoms with Crippen LogP contribution in [0.5, 0.6) is 0 Å². The molecule has 1 aliphatic heterocycles. The van der Waals surface area contributed by atoms with Crippen molar-refractivity contribution >= 4 is 35.2 Å². The van der Waals surface area contributed by atoms with E-state index in [1.54, 1.807) is 29.9 Å². The molecule has 1 fully saturated rings. The lowest BCUT2D eigenvalue weighted by atomic mass is 9.97. The van der Waals surface area contributed by atoms with Crippen LogP contribution in [-0.4, -0.2) is 38.7 Å². The summed E-state index contributed by atoms with van der Waals surface area (Å²) >= 11 is 0. The van der Waals surface area contributed by atoms with Gasteiger partial charge in [0.1, 0.15) is 11.6 Å². The number of rotatable bonds is 5. The Morgan fingerprint density at radius 1 is 1.27 bits per heavy atom. The van der Waals surface area contributed by atoms with Gasteiger partial charge in [-0.1, -0.05) is 20.8 Å². The summed E-state index contributed by atoms with van der Waals surface area (Å²) < 4.78 is 3.48. The van der Waals surface area contributed by atoms with Crippen molar-refractivity contribution in [3.63, 3.8) is 0 Å². The van der Waals surface area contributed by atoms with E-state index in [1.165, 1.54) is 0 Å². The topological polar surface area (TPSA) is 91.8 Å². The van der Waals surface area contributed by atoms with E-state index in [9.17, 15) is 4.79 Å². The van der Waals surface area contributed by atoms with Crippen molar-refractivity contribution in [3.8, 4) is 6.07 Å². The Morgan fingerprint density at radius 3 is 2.79 bits per heavy atom. The lowest BCUT2D eigenvalue weighted by Crippen LogP contribution is -2.38. The van der Waals surface area contributed by atoms with Crippen molar-refractivity contribution in [2.24, 2.45) is 18.4 Å². The highest BCUT2D eigenvalue weighted by Crippen LogP contribution is 2.25. The van der Waals surface area contributed by atoms with Crippen LogP contribution < -0.4 is 15.9 Å². The molecular formula is C24H32ClN7O. The summed E-state index contributed by atoms with van der Waals surface area (Å²) in [6, 6.07) is 9.70. The van der Waals surface area contributed by atoms with Gasteiger partial charge in [-0.05, 0) is 48.4 Å². The largest absolute Gasteiger partial charge is 0.370 e. The fourth-order valence-electron chi connectivity index (χ4n) is 4.35. The van der Waals surface area contributed by atoms with Crippen LogP contribution in [0.25, 0.3) is 11.2 Å². The summed E-state index contributed by atoms with van der Waals surface area (Å²) in [5.41, 5.74) is 2.21. The number of piperidine rings is 1. The first-order chi connectivity index (χ1) is 15.2. The maximum atomic E-state index is 12.8. The number of halogens is 1. The first-order valence-electron chi connectivity index (χ1n) is 11.2. The SMILES string of the molecule is Cl.Cn1c(=O)n(CC(C)(C)C)c2ccc(N3CCCC(CNc4cc(C#N)ccn4)C3)nc21. The number of pyridine rings is 2. The van der Waals surface area contributed by atoms with Crippen molar-refractivity contribution in [2.45, 2.75) is 40.2 Å². The van der Waals surface area contributed by atoms with E-state index in [4.69, 9.17) is 10.2 Å². The lowest BCUT2D eigenvalue weighted by molar-refractivity contribution is 0.342. The molecule has 1 aliphatic rings. The van der Waals surface area contributed by atoms with E-state index in [2.05, 4.69) is 42.0 Å². The summed E-state index contributed by atoms with van der Waals surface area (Å²) in [4.78, 5) is 24.3. The number of hydrogen-bond acceptors (Lipinski definition) is 6. The normalized spacial score (nSPS) is 16.3. The van der Waals surface area contributed by atoms with Crippen LogP contribution >= 0.6 is 12.4 Å². The first-order valence-corrected chi connectivity index (χ1v) is 11.2. The molecule has 0 spiro atoms. The van der Waals surface area contributed by atoms with Gasteiger partial charge in [0.05, 0.1) is 17.1 Å². The molecule has 4 heterocycles. The monoisotopic (exact) mass is 469 g/mol. The summed E-state index contributed by atoms with van der Waals surface area (Å²) in [7, 11) is 1.80. The Labute approximate surface area is 200 Å². The fraction of sp³-hybridized carbons (Fsp3) is 0.500. The molecule has 0 amide bonds. The summed E-state index contributed by atoms with van der Waals surface area (Å²) in [6.07, 6.45) is 3.87. The summed E-state index contributed by atoms with van der Waals surface area (Å²) in [5, 5.41) is 12.4. The number of nitrogens with zero attached hydrogens (tertiary/aromatic N) is 6. The van der Waals surface area contributed by atoms with Gasteiger partial charge in [0.15, 0.2) is 5.65 Å². The number of fused-ring (bicyclic) bond motifs is 1. The second kappa shape index (κ2) is 9.84. The molecule has 8 nitrogen and oxygen atoms in total. The summed E-state index contributed by atoms with van der Waals surface area (Å²) in [6.45, 7) is 9.69. The van der Waals surface area contributed by atoms with Gasteiger partial charge in [-0.2, -0.15) is 5.26 Å². The Bertz CT molecular complexity index is 1220. The molecule has 1 N–H and O–H groups in total. The maximum Gasteiger partial charge on any atom is 0.330 e. The molecule has 3 aromatic rings. The first kappa shape index (κ1) is 24.6. The minimum Gasteiger partial charge on any atom is -0.370 e. The minimum atomic E-state index is -0.0209. The zero-order chi connectivity index (χ0) is 22.9. The van der Waals surface area contributed by atoms with E-state index in [0.717, 1.165) is 55.3 Å². The molecule has 0 aromatic carbocycles. The molecule has 0 radical (unpaired) electrons. The van der Waals surface area contributed by atoms with E-state index >= 15 is 0 Å². The Balaban J connectivity index is 0.00000306. The molecule has 0 aliphatic carbocycles. The van der Waals surface area contributed by atoms with Gasteiger partial charge >= 0.3 is 5.69 Å². The number of nitriles is 1. The highest BCUT2D eigenvalue weighted by molar-refractivity contribution is 5.85. The second-order valence-corrected chi connectivity index (χ2v) is 9.88. The smallest absolute Gasteiger partial charge is 0.330 e. The number of hydrogen-bond donors (Lipinski definition) is 1. The molecule has 4 rings (SSSR count). The molecule has 1 saturated heterocycles. The van der Waals surface area contributed by atoms with E-state index in [1.807, 2.05) is 16.7 Å². The molecule has 3 aromatic heterocycles. The van der Waals surface area contributed by atoms with Crippen molar-refractivity contribution in [1.29, 1.82) is 5.26 Å². The van der Waals surface area contributed by atoms with E-state index in [0.29, 0.717) is 18.0 Å². The van der Waals surface area contributed by atoms with Gasteiger partial charge in [-0.25, -0.2) is 14.8 Å². The van der Waals surface area contributed by atoms with Gasteiger partial charge in [0, 0.05) is 39.4 Å². The van der Waals surface area contributed by atoms with Crippen LogP contribution in [0.2, 0.25) is 0 Å². The fourth-order valence-corrected chi connectivity index (χ4v) is 4.35. The minimum absolute atomic E-state index is 0. The Kier molecular flexibility index (Phi) is 7.33. The molecule has 33 heavy (non-hydrogen) atoms. The third kappa shape index (κ3) is 5.48. The lowest BCUT2D eigenvalue weighted by Gasteiger charge is -2.33. The van der Waals surface area contributed by atoms with Crippen molar-refractivity contribution in [2.75, 3.05) is 29.9 Å². The number of nitrogens with one attached hydrogen (secondary N) is 1. The highest BCUT2D eigenvalue weighted by atomic mass is 35.5. The zero-order valence-electron chi connectivity index (χ0n) is 19.7. The molecule has 176 valence electrons. The number of aromatic nitrogens is 4. The quantitative estimate of drug-likeness (QED) is 0.611. The van der Waals surface area contributed by atoms with Crippen molar-refractivity contribution < 1.29 is 0 Å². The van der Waals surface area contributed by atoms with Gasteiger partial charge in [-0.15, -0.1) is 12.4 Å².